The Labute approximate surface area is 214 Å². The third kappa shape index (κ3) is 5.17. The van der Waals surface area contributed by atoms with E-state index in [1.54, 1.807) is 50.4 Å². The summed E-state index contributed by atoms with van der Waals surface area (Å²) in [4.78, 5) is 18.0. The zero-order chi connectivity index (χ0) is 26.9. The van der Waals surface area contributed by atoms with E-state index >= 15 is 0 Å². The van der Waals surface area contributed by atoms with Gasteiger partial charge in [0.25, 0.3) is 5.88 Å². The number of rotatable bonds is 9. The van der Waals surface area contributed by atoms with Gasteiger partial charge in [0.1, 0.15) is 21.4 Å². The molecule has 4 aromatic rings. The first-order valence-corrected chi connectivity index (χ1v) is 13.5. The minimum atomic E-state index is -3.55. The molecular formula is C26H28FN3O6S. The number of sulfone groups is 1. The van der Waals surface area contributed by atoms with Gasteiger partial charge >= 0.3 is 5.69 Å². The van der Waals surface area contributed by atoms with Crippen molar-refractivity contribution in [1.29, 1.82) is 0 Å². The van der Waals surface area contributed by atoms with Crippen molar-refractivity contribution in [3.8, 4) is 28.5 Å². The fraction of sp³-hybridized carbons (Fsp3) is 0.308. The maximum atomic E-state index is 14.6. The fourth-order valence-electron chi connectivity index (χ4n) is 4.29. The van der Waals surface area contributed by atoms with Crippen LogP contribution < -0.4 is 19.9 Å². The van der Waals surface area contributed by atoms with Crippen molar-refractivity contribution in [3.63, 3.8) is 0 Å². The summed E-state index contributed by atoms with van der Waals surface area (Å²) < 4.78 is 58.5. The summed E-state index contributed by atoms with van der Waals surface area (Å²) >= 11 is 0. The molecule has 0 aliphatic heterocycles. The second kappa shape index (κ2) is 10.3. The van der Waals surface area contributed by atoms with E-state index < -0.39 is 27.4 Å². The second-order valence-electron chi connectivity index (χ2n) is 8.55. The lowest BCUT2D eigenvalue weighted by Gasteiger charge is -2.19. The van der Waals surface area contributed by atoms with E-state index in [-0.39, 0.29) is 11.6 Å². The molecule has 0 bridgehead atoms. The Hall–Kier alpha value is -3.86. The van der Waals surface area contributed by atoms with Crippen LogP contribution in [-0.4, -0.2) is 55.4 Å². The van der Waals surface area contributed by atoms with Crippen LogP contribution in [0.4, 0.5) is 4.39 Å². The number of nitrogens with zero attached hydrogens (tertiary/aromatic N) is 3. The van der Waals surface area contributed by atoms with E-state index in [0.717, 1.165) is 6.26 Å². The zero-order valence-electron chi connectivity index (χ0n) is 21.2. The maximum absolute atomic E-state index is 14.6. The van der Waals surface area contributed by atoms with Crippen LogP contribution in [0.15, 0.2) is 53.3 Å². The minimum Gasteiger partial charge on any atom is -0.497 e. The number of hydrogen-bond donors (Lipinski definition) is 0. The molecule has 9 nitrogen and oxygen atoms in total. The van der Waals surface area contributed by atoms with Crippen LogP contribution in [0.25, 0.3) is 22.2 Å². The number of halogens is 1. The van der Waals surface area contributed by atoms with Gasteiger partial charge in [0.2, 0.25) is 0 Å². The topological polar surface area (TPSA) is 102 Å². The van der Waals surface area contributed by atoms with Crippen molar-refractivity contribution in [2.45, 2.75) is 13.0 Å². The lowest BCUT2D eigenvalue weighted by molar-refractivity contribution is 0.296. The minimum absolute atomic E-state index is 0.199. The number of ether oxygens (including phenoxy) is 3. The summed E-state index contributed by atoms with van der Waals surface area (Å²) in [6, 6.07) is 11.8. The van der Waals surface area contributed by atoms with Crippen LogP contribution in [0, 0.1) is 5.82 Å². The summed E-state index contributed by atoms with van der Waals surface area (Å²) in [5.74, 6) is 0.268. The Bertz CT molecular complexity index is 1630. The van der Waals surface area contributed by atoms with E-state index in [9.17, 15) is 17.6 Å². The zero-order valence-corrected chi connectivity index (χ0v) is 22.0. The Morgan fingerprint density at radius 2 is 1.78 bits per heavy atom. The van der Waals surface area contributed by atoms with Gasteiger partial charge in [-0.2, -0.15) is 0 Å². The molecule has 0 aliphatic rings. The van der Waals surface area contributed by atoms with Crippen molar-refractivity contribution in [2.75, 3.05) is 32.8 Å². The lowest BCUT2D eigenvalue weighted by atomic mass is 10.0. The molecule has 4 rings (SSSR count). The van der Waals surface area contributed by atoms with Gasteiger partial charge in [0.15, 0.2) is 5.75 Å². The molecular weight excluding hydrogens is 501 g/mol. The molecule has 1 unspecified atom stereocenters. The molecule has 0 amide bonds. The highest BCUT2D eigenvalue weighted by atomic mass is 32.2. The van der Waals surface area contributed by atoms with Crippen LogP contribution in [0.1, 0.15) is 18.7 Å². The average Bonchev–Trinajstić information content (AvgIpc) is 3.11. The highest BCUT2D eigenvalue weighted by Crippen LogP contribution is 2.32. The summed E-state index contributed by atoms with van der Waals surface area (Å²) in [6.45, 7) is 2.11. The number of hydrogen-bond acceptors (Lipinski definition) is 7. The van der Waals surface area contributed by atoms with Gasteiger partial charge in [-0.25, -0.2) is 22.6 Å². The molecule has 0 saturated heterocycles. The van der Waals surface area contributed by atoms with E-state index in [4.69, 9.17) is 14.2 Å². The van der Waals surface area contributed by atoms with Crippen molar-refractivity contribution in [2.24, 2.45) is 7.05 Å². The second-order valence-corrected chi connectivity index (χ2v) is 10.7. The van der Waals surface area contributed by atoms with Crippen molar-refractivity contribution < 1.29 is 27.0 Å². The SMILES string of the molecule is CCOc1nc(C(CS(C)(=O)=O)n2c(=O)n(C)c3cc(-c4cc(OC)ccc4F)ccc32)ccc1OC. The molecule has 0 fully saturated rings. The van der Waals surface area contributed by atoms with Crippen LogP contribution >= 0.6 is 0 Å². The molecule has 0 saturated carbocycles. The molecule has 11 heteroatoms. The molecule has 2 heterocycles. The van der Waals surface area contributed by atoms with Gasteiger partial charge in [-0.15, -0.1) is 0 Å². The van der Waals surface area contributed by atoms with Crippen molar-refractivity contribution in [1.82, 2.24) is 14.1 Å². The number of aryl methyl sites for hydroxylation is 1. The van der Waals surface area contributed by atoms with E-state index in [2.05, 4.69) is 4.98 Å². The maximum Gasteiger partial charge on any atom is 0.329 e. The van der Waals surface area contributed by atoms with Gasteiger partial charge in [0, 0.05) is 18.9 Å². The summed E-state index contributed by atoms with van der Waals surface area (Å²) in [6.07, 6.45) is 1.10. The highest BCUT2D eigenvalue weighted by molar-refractivity contribution is 7.90. The number of benzene rings is 2. The van der Waals surface area contributed by atoms with Gasteiger partial charge in [-0.3, -0.25) is 9.13 Å². The quantitative estimate of drug-likeness (QED) is 0.327. The van der Waals surface area contributed by atoms with Crippen LogP contribution in [-0.2, 0) is 16.9 Å². The Morgan fingerprint density at radius 1 is 1.03 bits per heavy atom. The Morgan fingerprint density at radius 3 is 2.43 bits per heavy atom. The van der Waals surface area contributed by atoms with Crippen molar-refractivity contribution >= 4 is 20.9 Å². The third-order valence-corrected chi connectivity index (χ3v) is 6.96. The highest BCUT2D eigenvalue weighted by Gasteiger charge is 2.27. The summed E-state index contributed by atoms with van der Waals surface area (Å²) in [5.41, 5.74) is 1.71. The number of imidazole rings is 1. The fourth-order valence-corrected chi connectivity index (χ4v) is 5.18. The van der Waals surface area contributed by atoms with Gasteiger partial charge in [0.05, 0.1) is 49.3 Å². The largest absolute Gasteiger partial charge is 0.497 e. The number of fused-ring (bicyclic) bond motifs is 1. The molecule has 1 atom stereocenters. The first-order valence-electron chi connectivity index (χ1n) is 11.5. The van der Waals surface area contributed by atoms with Gasteiger partial charge in [-0.05, 0) is 55.0 Å². The molecule has 0 spiro atoms. The van der Waals surface area contributed by atoms with Crippen molar-refractivity contribution in [3.05, 3.63) is 70.5 Å². The van der Waals surface area contributed by atoms with E-state index in [1.165, 1.54) is 35.5 Å². The average molecular weight is 530 g/mol. The monoisotopic (exact) mass is 529 g/mol. The smallest absolute Gasteiger partial charge is 0.329 e. The first-order chi connectivity index (χ1) is 17.6. The summed E-state index contributed by atoms with van der Waals surface area (Å²) in [7, 11) is 1.01. The molecule has 0 radical (unpaired) electrons. The molecule has 0 N–H and O–H groups in total. The first kappa shape index (κ1) is 26.2. The lowest BCUT2D eigenvalue weighted by Crippen LogP contribution is -2.31. The number of methoxy groups -OCH3 is 2. The standard InChI is InChI=1S/C26H28FN3O6S/c1-6-36-25-24(35-4)12-10-20(28-25)23(15-37(5,32)33)30-21-11-7-16(13-22(21)29(2)26(30)31)18-14-17(34-3)8-9-19(18)27/h7-14,23H,6,15H2,1-5H3. The molecule has 2 aromatic heterocycles. The normalized spacial score (nSPS) is 12.5. The Balaban J connectivity index is 1.93. The van der Waals surface area contributed by atoms with E-state index in [1.807, 2.05) is 0 Å². The van der Waals surface area contributed by atoms with Gasteiger partial charge in [-0.1, -0.05) is 6.07 Å². The van der Waals surface area contributed by atoms with Crippen LogP contribution in [0.5, 0.6) is 17.4 Å². The predicted octanol–water partition coefficient (Wildman–Crippen LogP) is 3.59. The molecule has 0 aliphatic carbocycles. The Kier molecular flexibility index (Phi) is 7.26. The van der Waals surface area contributed by atoms with E-state index in [0.29, 0.717) is 46.0 Å². The molecule has 2 aromatic carbocycles. The predicted molar refractivity (Wildman–Crippen MR) is 139 cm³/mol. The number of pyridine rings is 1. The molecule has 37 heavy (non-hydrogen) atoms. The molecule has 196 valence electrons. The summed E-state index contributed by atoms with van der Waals surface area (Å²) in [5, 5.41) is 0. The van der Waals surface area contributed by atoms with Crippen LogP contribution in [0.3, 0.4) is 0 Å². The van der Waals surface area contributed by atoms with Gasteiger partial charge < -0.3 is 14.2 Å². The third-order valence-electron chi connectivity index (χ3n) is 6.04. The van der Waals surface area contributed by atoms with Crippen LogP contribution in [0.2, 0.25) is 0 Å². The number of aromatic nitrogens is 3.